The van der Waals surface area contributed by atoms with Crippen molar-refractivity contribution in [2.24, 2.45) is 0 Å². The van der Waals surface area contributed by atoms with E-state index >= 15 is 0 Å². The lowest BCUT2D eigenvalue weighted by molar-refractivity contribution is -0.0959. The van der Waals surface area contributed by atoms with Gasteiger partial charge in [0.05, 0.1) is 33.5 Å². The third-order valence-electron chi connectivity index (χ3n) is 4.59. The molecule has 1 atom stereocenters. The van der Waals surface area contributed by atoms with Crippen LogP contribution in [0.4, 0.5) is 0 Å². The number of tetrazole rings is 1. The van der Waals surface area contributed by atoms with Gasteiger partial charge in [-0.25, -0.2) is 9.97 Å². The molecule has 11 nitrogen and oxygen atoms in total. The number of rotatable bonds is 7. The molecule has 1 aromatic carbocycles. The van der Waals surface area contributed by atoms with Gasteiger partial charge in [-0.1, -0.05) is 12.1 Å². The molecule has 31 heavy (non-hydrogen) atoms. The summed E-state index contributed by atoms with van der Waals surface area (Å²) < 4.78 is 16.2. The summed E-state index contributed by atoms with van der Waals surface area (Å²) in [4.78, 5) is 22.7. The van der Waals surface area contributed by atoms with Gasteiger partial charge in [-0.2, -0.15) is 4.80 Å². The predicted molar refractivity (Wildman–Crippen MR) is 108 cm³/mol. The summed E-state index contributed by atoms with van der Waals surface area (Å²) in [5.41, 5.74) is 1.56. The number of aromatic nitrogens is 6. The molecular weight excluding hydrogens is 402 g/mol. The minimum Gasteiger partial charge on any atom is -0.497 e. The second kappa shape index (κ2) is 9.58. The molecule has 0 bridgehead atoms. The molecule has 11 heteroatoms. The van der Waals surface area contributed by atoms with E-state index in [2.05, 4.69) is 30.7 Å². The van der Waals surface area contributed by atoms with Gasteiger partial charge in [-0.05, 0) is 35.9 Å². The molecule has 1 fully saturated rings. The zero-order chi connectivity index (χ0) is 21.6. The third-order valence-corrected chi connectivity index (χ3v) is 4.59. The number of aryl methyl sites for hydroxylation is 1. The average molecular weight is 425 g/mol. The maximum atomic E-state index is 12.7. The number of carbonyl (C=O) groups is 1. The Morgan fingerprint density at radius 2 is 2.19 bits per heavy atom. The monoisotopic (exact) mass is 425 g/mol. The highest BCUT2D eigenvalue weighted by molar-refractivity contribution is 5.93. The number of benzene rings is 1. The number of ether oxygens (including phenoxy) is 3. The molecule has 0 spiro atoms. The van der Waals surface area contributed by atoms with E-state index in [4.69, 9.17) is 14.2 Å². The van der Waals surface area contributed by atoms with Crippen molar-refractivity contribution < 1.29 is 19.0 Å². The van der Waals surface area contributed by atoms with Crippen molar-refractivity contribution in [1.82, 2.24) is 35.5 Å². The SMILES string of the molecule is COc1cccc(CNC(=O)c2cc(-c3nnn(C[C@H]4COCCO4)n3)nc(C)n2)c1. The molecule has 0 unspecified atom stereocenters. The zero-order valence-corrected chi connectivity index (χ0v) is 17.3. The van der Waals surface area contributed by atoms with Gasteiger partial charge in [-0.15, -0.1) is 10.2 Å². The van der Waals surface area contributed by atoms with Gasteiger partial charge in [-0.3, -0.25) is 4.79 Å². The van der Waals surface area contributed by atoms with Crippen molar-refractivity contribution in [3.8, 4) is 17.3 Å². The van der Waals surface area contributed by atoms with Crippen molar-refractivity contribution in [2.45, 2.75) is 26.1 Å². The fraction of sp³-hybridized carbons (Fsp3) is 0.400. The second-order valence-electron chi connectivity index (χ2n) is 6.96. The number of nitrogens with one attached hydrogen (secondary N) is 1. The van der Waals surface area contributed by atoms with Crippen molar-refractivity contribution in [3.05, 3.63) is 47.4 Å². The number of amides is 1. The number of hydrogen-bond donors (Lipinski definition) is 1. The molecule has 0 radical (unpaired) electrons. The third kappa shape index (κ3) is 5.38. The Hall–Kier alpha value is -3.44. The molecule has 1 saturated heterocycles. The number of methoxy groups -OCH3 is 1. The quantitative estimate of drug-likeness (QED) is 0.584. The lowest BCUT2D eigenvalue weighted by Gasteiger charge is -2.21. The first-order chi connectivity index (χ1) is 15.1. The molecule has 162 valence electrons. The van der Waals surface area contributed by atoms with Crippen molar-refractivity contribution in [2.75, 3.05) is 26.9 Å². The fourth-order valence-corrected chi connectivity index (χ4v) is 3.10. The topological polar surface area (TPSA) is 126 Å². The summed E-state index contributed by atoms with van der Waals surface area (Å²) >= 11 is 0. The van der Waals surface area contributed by atoms with E-state index in [0.717, 1.165) is 11.3 Å². The Morgan fingerprint density at radius 1 is 1.29 bits per heavy atom. The van der Waals surface area contributed by atoms with Gasteiger partial charge >= 0.3 is 0 Å². The summed E-state index contributed by atoms with van der Waals surface area (Å²) in [5, 5.41) is 15.3. The van der Waals surface area contributed by atoms with E-state index in [1.165, 1.54) is 4.80 Å². The summed E-state index contributed by atoms with van der Waals surface area (Å²) in [6, 6.07) is 9.03. The molecule has 1 amide bonds. The molecule has 1 N–H and O–H groups in total. The molecule has 3 aromatic rings. The Labute approximate surface area is 178 Å². The van der Waals surface area contributed by atoms with Gasteiger partial charge in [0.2, 0.25) is 5.82 Å². The van der Waals surface area contributed by atoms with Gasteiger partial charge in [0.15, 0.2) is 0 Å². The first-order valence-corrected chi connectivity index (χ1v) is 9.85. The van der Waals surface area contributed by atoms with Crippen LogP contribution in [0.2, 0.25) is 0 Å². The van der Waals surface area contributed by atoms with Crippen LogP contribution in [-0.4, -0.2) is 69.1 Å². The zero-order valence-electron chi connectivity index (χ0n) is 17.3. The van der Waals surface area contributed by atoms with Crippen LogP contribution in [0.3, 0.4) is 0 Å². The van der Waals surface area contributed by atoms with Crippen LogP contribution in [0.25, 0.3) is 11.5 Å². The van der Waals surface area contributed by atoms with Crippen LogP contribution in [0.15, 0.2) is 30.3 Å². The Morgan fingerprint density at radius 3 is 3.00 bits per heavy atom. The summed E-state index contributed by atoms with van der Waals surface area (Å²) in [6.07, 6.45) is -0.124. The lowest BCUT2D eigenvalue weighted by atomic mass is 10.2. The molecule has 1 aliphatic heterocycles. The predicted octanol–water partition coefficient (Wildman–Crippen LogP) is 0.793. The van der Waals surface area contributed by atoms with Gasteiger partial charge in [0, 0.05) is 6.54 Å². The summed E-state index contributed by atoms with van der Waals surface area (Å²) in [5.74, 6) is 1.15. The Bertz CT molecular complexity index is 1050. The van der Waals surface area contributed by atoms with E-state index in [0.29, 0.717) is 50.3 Å². The van der Waals surface area contributed by atoms with Crippen LogP contribution >= 0.6 is 0 Å². The van der Waals surface area contributed by atoms with Crippen LogP contribution in [-0.2, 0) is 22.6 Å². The van der Waals surface area contributed by atoms with Crippen LogP contribution < -0.4 is 10.1 Å². The normalized spacial score (nSPS) is 16.1. The first-order valence-electron chi connectivity index (χ1n) is 9.85. The van der Waals surface area contributed by atoms with Crippen LogP contribution in [0, 0.1) is 6.92 Å². The molecule has 2 aromatic heterocycles. The standard InChI is InChI=1S/C20H23N7O4/c1-13-22-17(19-24-26-27(25-19)11-16-12-30-6-7-31-16)9-18(23-13)20(28)21-10-14-4-3-5-15(8-14)29-2/h3-5,8-9,16H,6-7,10-12H2,1-2H3,(H,21,28)/t16-/m0/s1. The largest absolute Gasteiger partial charge is 0.497 e. The molecule has 0 saturated carbocycles. The molecule has 4 rings (SSSR count). The van der Waals surface area contributed by atoms with Gasteiger partial charge in [0.25, 0.3) is 5.91 Å². The highest BCUT2D eigenvalue weighted by Gasteiger charge is 2.18. The van der Waals surface area contributed by atoms with E-state index < -0.39 is 0 Å². The van der Waals surface area contributed by atoms with Gasteiger partial charge < -0.3 is 19.5 Å². The van der Waals surface area contributed by atoms with Gasteiger partial charge in [0.1, 0.15) is 29.1 Å². The number of hydrogen-bond acceptors (Lipinski definition) is 9. The highest BCUT2D eigenvalue weighted by atomic mass is 16.6. The maximum absolute atomic E-state index is 12.7. The van der Waals surface area contributed by atoms with Crippen LogP contribution in [0.1, 0.15) is 21.9 Å². The number of nitrogens with zero attached hydrogens (tertiary/aromatic N) is 6. The molecule has 1 aliphatic rings. The maximum Gasteiger partial charge on any atom is 0.270 e. The molecular formula is C20H23N7O4. The Kier molecular flexibility index (Phi) is 6.43. The van der Waals surface area contributed by atoms with Crippen molar-refractivity contribution in [1.29, 1.82) is 0 Å². The summed E-state index contributed by atoms with van der Waals surface area (Å²) in [7, 11) is 1.60. The fourth-order valence-electron chi connectivity index (χ4n) is 3.10. The molecule has 0 aliphatic carbocycles. The average Bonchev–Trinajstić information content (AvgIpc) is 3.26. The number of carbonyl (C=O) groups excluding carboxylic acids is 1. The second-order valence-corrected chi connectivity index (χ2v) is 6.96. The van der Waals surface area contributed by atoms with E-state index in [9.17, 15) is 4.79 Å². The van der Waals surface area contributed by atoms with E-state index in [1.54, 1.807) is 20.1 Å². The first kappa shape index (κ1) is 20.8. The Balaban J connectivity index is 1.44. The highest BCUT2D eigenvalue weighted by Crippen LogP contribution is 2.14. The van der Waals surface area contributed by atoms with E-state index in [1.807, 2.05) is 24.3 Å². The molecule has 3 heterocycles. The minimum atomic E-state index is -0.324. The van der Waals surface area contributed by atoms with Crippen LogP contribution in [0.5, 0.6) is 5.75 Å². The lowest BCUT2D eigenvalue weighted by Crippen LogP contribution is -2.33. The van der Waals surface area contributed by atoms with Crippen molar-refractivity contribution >= 4 is 5.91 Å². The minimum absolute atomic E-state index is 0.124. The van der Waals surface area contributed by atoms with Crippen molar-refractivity contribution in [3.63, 3.8) is 0 Å². The van der Waals surface area contributed by atoms with E-state index in [-0.39, 0.29) is 17.7 Å². The smallest absolute Gasteiger partial charge is 0.270 e. The summed E-state index contributed by atoms with van der Waals surface area (Å²) in [6.45, 7) is 4.10.